The van der Waals surface area contributed by atoms with Crippen molar-refractivity contribution in [3.63, 3.8) is 0 Å². The standard InChI is InChI=1S/C23H27N3O2S/c1-17-7-6-8-18(15-17)28-14-12-24-22(27)16-26-13-5-4-10-20(26)23-25-19-9-2-3-11-21(19)29-23/h2-3,6-9,11,15,20H,4-5,10,12-14,16H2,1H3,(H,24,27)/p+1/t20-/m0/s1. The minimum absolute atomic E-state index is 0.0841. The minimum Gasteiger partial charge on any atom is -0.492 e. The van der Waals surface area contributed by atoms with Gasteiger partial charge in [-0.05, 0) is 49.6 Å². The lowest BCUT2D eigenvalue weighted by atomic mass is 10.0. The van der Waals surface area contributed by atoms with Crippen molar-refractivity contribution >= 4 is 27.5 Å². The van der Waals surface area contributed by atoms with E-state index in [-0.39, 0.29) is 5.91 Å². The van der Waals surface area contributed by atoms with Crippen molar-refractivity contribution in [2.24, 2.45) is 0 Å². The highest BCUT2D eigenvalue weighted by atomic mass is 32.1. The first-order valence-electron chi connectivity index (χ1n) is 10.4. The fourth-order valence-electron chi connectivity index (χ4n) is 3.96. The highest BCUT2D eigenvalue weighted by Gasteiger charge is 2.31. The number of thiazole rings is 1. The number of nitrogens with zero attached hydrogens (tertiary/aromatic N) is 1. The highest BCUT2D eigenvalue weighted by molar-refractivity contribution is 7.18. The van der Waals surface area contributed by atoms with E-state index in [0.29, 0.717) is 25.7 Å². The number of amides is 1. The summed E-state index contributed by atoms with van der Waals surface area (Å²) < 4.78 is 6.95. The van der Waals surface area contributed by atoms with Gasteiger partial charge in [0.1, 0.15) is 18.4 Å². The molecule has 1 aliphatic heterocycles. The summed E-state index contributed by atoms with van der Waals surface area (Å²) in [6.07, 6.45) is 3.47. The van der Waals surface area contributed by atoms with Crippen LogP contribution >= 0.6 is 11.3 Å². The number of ether oxygens (including phenoxy) is 1. The van der Waals surface area contributed by atoms with Crippen molar-refractivity contribution in [1.29, 1.82) is 0 Å². The lowest BCUT2D eigenvalue weighted by Crippen LogP contribution is -3.14. The largest absolute Gasteiger partial charge is 0.492 e. The molecule has 0 saturated carbocycles. The number of carbonyl (C=O) groups is 1. The van der Waals surface area contributed by atoms with E-state index in [4.69, 9.17) is 9.72 Å². The van der Waals surface area contributed by atoms with Gasteiger partial charge in [0.05, 0.1) is 23.3 Å². The number of likely N-dealkylation sites (tertiary alicyclic amines) is 1. The van der Waals surface area contributed by atoms with Crippen LogP contribution in [0.2, 0.25) is 0 Å². The van der Waals surface area contributed by atoms with Crippen LogP contribution in [-0.4, -0.2) is 37.1 Å². The van der Waals surface area contributed by atoms with Gasteiger partial charge in [-0.25, -0.2) is 4.98 Å². The Morgan fingerprint density at radius 1 is 1.24 bits per heavy atom. The van der Waals surface area contributed by atoms with Crippen LogP contribution in [0.3, 0.4) is 0 Å². The Morgan fingerprint density at radius 3 is 3.00 bits per heavy atom. The number of hydrogen-bond acceptors (Lipinski definition) is 4. The second-order valence-corrected chi connectivity index (χ2v) is 8.73. The molecule has 2 aromatic carbocycles. The van der Waals surface area contributed by atoms with Crippen LogP contribution in [0.1, 0.15) is 35.9 Å². The first kappa shape index (κ1) is 19.9. The molecule has 2 heterocycles. The lowest BCUT2D eigenvalue weighted by Gasteiger charge is -2.30. The second-order valence-electron chi connectivity index (χ2n) is 7.67. The van der Waals surface area contributed by atoms with Gasteiger partial charge in [-0.2, -0.15) is 0 Å². The number of para-hydroxylation sites is 1. The molecule has 1 aliphatic rings. The van der Waals surface area contributed by atoms with Gasteiger partial charge < -0.3 is 15.0 Å². The third-order valence-electron chi connectivity index (χ3n) is 5.41. The number of aryl methyl sites for hydroxylation is 1. The fraction of sp³-hybridized carbons (Fsp3) is 0.391. The van der Waals surface area contributed by atoms with Crippen LogP contribution in [0.15, 0.2) is 48.5 Å². The van der Waals surface area contributed by atoms with Gasteiger partial charge in [-0.15, -0.1) is 11.3 Å². The Hall–Kier alpha value is -2.44. The minimum atomic E-state index is 0.0841. The summed E-state index contributed by atoms with van der Waals surface area (Å²) in [5.41, 5.74) is 2.23. The third kappa shape index (κ3) is 5.14. The quantitative estimate of drug-likeness (QED) is 0.589. The molecule has 5 nitrogen and oxygen atoms in total. The van der Waals surface area contributed by atoms with Crippen LogP contribution < -0.4 is 15.0 Å². The van der Waals surface area contributed by atoms with Gasteiger partial charge in [-0.3, -0.25) is 4.79 Å². The summed E-state index contributed by atoms with van der Waals surface area (Å²) >= 11 is 1.77. The molecule has 4 rings (SSSR count). The molecule has 0 radical (unpaired) electrons. The number of piperidine rings is 1. The molecule has 1 amide bonds. The summed E-state index contributed by atoms with van der Waals surface area (Å²) in [4.78, 5) is 18.7. The molecule has 0 spiro atoms. The van der Waals surface area contributed by atoms with Crippen molar-refractivity contribution in [3.8, 4) is 5.75 Å². The van der Waals surface area contributed by atoms with Gasteiger partial charge in [0.2, 0.25) is 0 Å². The van der Waals surface area contributed by atoms with Gasteiger partial charge in [0.25, 0.3) is 5.91 Å². The number of aromatic nitrogens is 1. The zero-order valence-electron chi connectivity index (χ0n) is 16.8. The second kappa shape index (κ2) is 9.37. The SMILES string of the molecule is Cc1cccc(OCCNC(=O)C[NH+]2CCCC[C@H]2c2nc3ccccc3s2)c1. The van der Waals surface area contributed by atoms with Crippen molar-refractivity contribution in [2.75, 3.05) is 26.2 Å². The molecule has 1 saturated heterocycles. The number of fused-ring (bicyclic) bond motifs is 1. The van der Waals surface area contributed by atoms with E-state index in [1.807, 2.05) is 37.3 Å². The number of nitrogens with one attached hydrogen (secondary N) is 2. The van der Waals surface area contributed by atoms with Crippen LogP contribution in [-0.2, 0) is 4.79 Å². The van der Waals surface area contributed by atoms with Gasteiger partial charge >= 0.3 is 0 Å². The molecular weight excluding hydrogens is 382 g/mol. The molecule has 3 aromatic rings. The Labute approximate surface area is 175 Å². The number of hydrogen-bond donors (Lipinski definition) is 2. The van der Waals surface area contributed by atoms with Crippen molar-refractivity contribution in [3.05, 3.63) is 59.1 Å². The first-order chi connectivity index (χ1) is 14.2. The predicted molar refractivity (Wildman–Crippen MR) is 117 cm³/mol. The molecule has 2 N–H and O–H groups in total. The van der Waals surface area contributed by atoms with E-state index >= 15 is 0 Å². The van der Waals surface area contributed by atoms with Crippen LogP contribution in [0.4, 0.5) is 0 Å². The fourth-order valence-corrected chi connectivity index (χ4v) is 5.12. The number of quaternary nitrogens is 1. The summed E-state index contributed by atoms with van der Waals surface area (Å²) in [6.45, 7) is 4.55. The van der Waals surface area contributed by atoms with E-state index < -0.39 is 0 Å². The lowest BCUT2D eigenvalue weighted by molar-refractivity contribution is -0.929. The van der Waals surface area contributed by atoms with E-state index in [1.165, 1.54) is 28.0 Å². The van der Waals surface area contributed by atoms with Gasteiger partial charge in [0.15, 0.2) is 11.6 Å². The monoisotopic (exact) mass is 410 g/mol. The van der Waals surface area contributed by atoms with Crippen molar-refractivity contribution < 1.29 is 14.4 Å². The highest BCUT2D eigenvalue weighted by Crippen LogP contribution is 2.28. The average Bonchev–Trinajstić information content (AvgIpc) is 3.16. The molecule has 29 heavy (non-hydrogen) atoms. The molecule has 1 fully saturated rings. The maximum absolute atomic E-state index is 12.5. The Morgan fingerprint density at radius 2 is 2.14 bits per heavy atom. The van der Waals surface area contributed by atoms with Crippen LogP contribution in [0.25, 0.3) is 10.2 Å². The van der Waals surface area contributed by atoms with Crippen LogP contribution in [0.5, 0.6) is 5.75 Å². The van der Waals surface area contributed by atoms with E-state index in [0.717, 1.165) is 29.2 Å². The summed E-state index contributed by atoms with van der Waals surface area (Å²) in [5, 5.41) is 4.18. The predicted octanol–water partition coefficient (Wildman–Crippen LogP) is 2.91. The zero-order valence-corrected chi connectivity index (χ0v) is 17.6. The Kier molecular flexibility index (Phi) is 6.42. The zero-order chi connectivity index (χ0) is 20.1. The summed E-state index contributed by atoms with van der Waals surface area (Å²) in [5.74, 6) is 0.928. The molecular formula is C23H28N3O2S+. The van der Waals surface area contributed by atoms with Crippen molar-refractivity contribution in [1.82, 2.24) is 10.3 Å². The summed E-state index contributed by atoms with van der Waals surface area (Å²) in [7, 11) is 0. The maximum atomic E-state index is 12.5. The van der Waals surface area contributed by atoms with Crippen LogP contribution in [0, 0.1) is 6.92 Å². The Balaban J connectivity index is 1.30. The molecule has 1 aromatic heterocycles. The van der Waals surface area contributed by atoms with E-state index in [9.17, 15) is 4.79 Å². The number of benzene rings is 2. The van der Waals surface area contributed by atoms with E-state index in [1.54, 1.807) is 11.3 Å². The smallest absolute Gasteiger partial charge is 0.275 e. The normalized spacial score (nSPS) is 19.2. The average molecular weight is 411 g/mol. The van der Waals surface area contributed by atoms with E-state index in [2.05, 4.69) is 23.5 Å². The van der Waals surface area contributed by atoms with Gasteiger partial charge in [-0.1, -0.05) is 24.3 Å². The molecule has 6 heteroatoms. The molecule has 0 aliphatic carbocycles. The Bertz CT molecular complexity index is 938. The van der Waals surface area contributed by atoms with Gasteiger partial charge in [0, 0.05) is 6.42 Å². The molecule has 2 atom stereocenters. The van der Waals surface area contributed by atoms with Crippen molar-refractivity contribution in [2.45, 2.75) is 32.2 Å². The first-order valence-corrected chi connectivity index (χ1v) is 11.2. The number of rotatable bonds is 7. The maximum Gasteiger partial charge on any atom is 0.275 e. The number of carbonyl (C=O) groups excluding carboxylic acids is 1. The molecule has 1 unspecified atom stereocenters. The molecule has 0 bridgehead atoms. The topological polar surface area (TPSA) is 55.7 Å². The molecule has 152 valence electrons. The summed E-state index contributed by atoms with van der Waals surface area (Å²) in [6, 6.07) is 16.6. The third-order valence-corrected chi connectivity index (χ3v) is 6.56.